The summed E-state index contributed by atoms with van der Waals surface area (Å²) in [5.74, 6) is 0.0452. The Morgan fingerprint density at radius 2 is 1.88 bits per heavy atom. The number of benzene rings is 1. The van der Waals surface area contributed by atoms with Gasteiger partial charge in [-0.1, -0.05) is 11.6 Å². The minimum Gasteiger partial charge on any atom is -0.494 e. The highest BCUT2D eigenvalue weighted by atomic mass is 35.5. The van der Waals surface area contributed by atoms with Crippen molar-refractivity contribution in [3.8, 4) is 5.75 Å². The van der Waals surface area contributed by atoms with Crippen LogP contribution in [-0.4, -0.2) is 17.0 Å². The summed E-state index contributed by atoms with van der Waals surface area (Å²) in [6, 6.07) is 6.64. The van der Waals surface area contributed by atoms with Crippen LogP contribution in [-0.2, 0) is 12.7 Å². The number of carbonyl (C=O) groups is 1. The van der Waals surface area contributed by atoms with E-state index in [1.807, 2.05) is 6.92 Å². The fraction of sp³-hybridized carbons (Fsp3) is 0.250. The van der Waals surface area contributed by atoms with Crippen molar-refractivity contribution in [2.24, 2.45) is 0 Å². The lowest BCUT2D eigenvalue weighted by molar-refractivity contribution is -0.138. The number of halogens is 4. The van der Waals surface area contributed by atoms with Crippen molar-refractivity contribution in [1.29, 1.82) is 0 Å². The van der Waals surface area contributed by atoms with Crippen LogP contribution >= 0.6 is 11.6 Å². The molecule has 0 aliphatic carbocycles. The molecule has 0 atom stereocenters. The van der Waals surface area contributed by atoms with Gasteiger partial charge in [-0.15, -0.1) is 0 Å². The van der Waals surface area contributed by atoms with E-state index in [1.54, 1.807) is 12.1 Å². The van der Waals surface area contributed by atoms with E-state index in [1.165, 1.54) is 12.1 Å². The van der Waals surface area contributed by atoms with Gasteiger partial charge in [0.2, 0.25) is 0 Å². The first-order valence-electron chi connectivity index (χ1n) is 6.95. The smallest absolute Gasteiger partial charge is 0.417 e. The zero-order valence-electron chi connectivity index (χ0n) is 12.6. The summed E-state index contributed by atoms with van der Waals surface area (Å²) in [5, 5.41) is -0.593. The molecule has 0 saturated heterocycles. The van der Waals surface area contributed by atoms with E-state index in [0.717, 1.165) is 0 Å². The number of aromatic nitrogens is 1. The Balaban J connectivity index is 2.28. The van der Waals surface area contributed by atoms with Crippen LogP contribution < -0.4 is 10.3 Å². The number of ketones is 1. The van der Waals surface area contributed by atoms with Gasteiger partial charge in [0.1, 0.15) is 10.8 Å². The fourth-order valence-electron chi connectivity index (χ4n) is 2.02. The summed E-state index contributed by atoms with van der Waals surface area (Å²) in [6.07, 6.45) is -4.08. The van der Waals surface area contributed by atoms with Crippen molar-refractivity contribution in [3.63, 3.8) is 0 Å². The van der Waals surface area contributed by atoms with Crippen molar-refractivity contribution in [2.75, 3.05) is 6.61 Å². The molecular formula is C16H13ClF3NO3. The molecule has 0 unspecified atom stereocenters. The Morgan fingerprint density at radius 3 is 2.42 bits per heavy atom. The van der Waals surface area contributed by atoms with Crippen LogP contribution in [0.1, 0.15) is 22.8 Å². The molecule has 24 heavy (non-hydrogen) atoms. The lowest BCUT2D eigenvalue weighted by Gasteiger charge is -2.11. The van der Waals surface area contributed by atoms with Gasteiger partial charge in [0.25, 0.3) is 5.56 Å². The molecule has 0 N–H and O–H groups in total. The number of ether oxygens (including phenoxy) is 1. The normalized spacial score (nSPS) is 11.4. The van der Waals surface area contributed by atoms with Crippen LogP contribution in [0.3, 0.4) is 0 Å². The van der Waals surface area contributed by atoms with Crippen molar-refractivity contribution >= 4 is 17.4 Å². The summed E-state index contributed by atoms with van der Waals surface area (Å²) in [7, 11) is 0. The lowest BCUT2D eigenvalue weighted by Crippen LogP contribution is -2.26. The average molecular weight is 360 g/mol. The number of hydrogen-bond donors (Lipinski definition) is 0. The second-order valence-corrected chi connectivity index (χ2v) is 5.30. The van der Waals surface area contributed by atoms with E-state index in [9.17, 15) is 22.8 Å². The Kier molecular flexibility index (Phi) is 5.33. The molecule has 0 fully saturated rings. The predicted octanol–water partition coefficient (Wildman–Crippen LogP) is 3.80. The van der Waals surface area contributed by atoms with Crippen LogP contribution in [0.15, 0.2) is 41.3 Å². The Bertz CT molecular complexity index is 798. The van der Waals surface area contributed by atoms with E-state index in [4.69, 9.17) is 16.3 Å². The van der Waals surface area contributed by atoms with Gasteiger partial charge in [0.05, 0.1) is 18.7 Å². The monoisotopic (exact) mass is 359 g/mol. The highest BCUT2D eigenvalue weighted by molar-refractivity contribution is 6.30. The largest absolute Gasteiger partial charge is 0.494 e. The van der Waals surface area contributed by atoms with Gasteiger partial charge in [-0.25, -0.2) is 0 Å². The summed E-state index contributed by atoms with van der Waals surface area (Å²) in [6.45, 7) is 1.73. The molecule has 8 heteroatoms. The highest BCUT2D eigenvalue weighted by Gasteiger charge is 2.32. The van der Waals surface area contributed by atoms with E-state index < -0.39 is 34.6 Å². The molecule has 2 aromatic rings. The molecule has 0 saturated carbocycles. The first kappa shape index (κ1) is 18.1. The van der Waals surface area contributed by atoms with Gasteiger partial charge in [-0.2, -0.15) is 13.2 Å². The second-order valence-electron chi connectivity index (χ2n) is 4.89. The van der Waals surface area contributed by atoms with E-state index in [2.05, 4.69) is 0 Å². The van der Waals surface area contributed by atoms with Gasteiger partial charge >= 0.3 is 6.18 Å². The van der Waals surface area contributed by atoms with E-state index in [-0.39, 0.29) is 5.56 Å². The number of carbonyl (C=O) groups excluding carboxylic acids is 1. The van der Waals surface area contributed by atoms with E-state index >= 15 is 0 Å². The summed E-state index contributed by atoms with van der Waals surface area (Å²) in [4.78, 5) is 24.0. The third-order valence-electron chi connectivity index (χ3n) is 3.17. The summed E-state index contributed by atoms with van der Waals surface area (Å²) in [5.41, 5.74) is -1.70. The summed E-state index contributed by atoms with van der Waals surface area (Å²) >= 11 is 5.55. The molecule has 1 aromatic heterocycles. The number of hydrogen-bond acceptors (Lipinski definition) is 3. The number of Topliss-reactive ketones (excluding diaryl/α,β-unsaturated/α-hetero) is 1. The van der Waals surface area contributed by atoms with Crippen LogP contribution in [0.4, 0.5) is 13.2 Å². The molecule has 0 aliphatic heterocycles. The Hall–Kier alpha value is -2.28. The zero-order chi connectivity index (χ0) is 17.9. The number of pyridine rings is 1. The fourth-order valence-corrected chi connectivity index (χ4v) is 2.25. The minimum absolute atomic E-state index is 0.249. The Morgan fingerprint density at radius 1 is 1.25 bits per heavy atom. The Labute approximate surface area is 140 Å². The maximum absolute atomic E-state index is 12.8. The molecule has 4 nitrogen and oxygen atoms in total. The molecule has 2 rings (SSSR count). The van der Waals surface area contributed by atoms with Crippen LogP contribution in [0.2, 0.25) is 5.02 Å². The molecule has 0 aliphatic rings. The van der Waals surface area contributed by atoms with Gasteiger partial charge in [0.15, 0.2) is 5.78 Å². The molecule has 1 aromatic carbocycles. The van der Waals surface area contributed by atoms with Crippen LogP contribution in [0.5, 0.6) is 5.75 Å². The summed E-state index contributed by atoms with van der Waals surface area (Å²) < 4.78 is 44.2. The van der Waals surface area contributed by atoms with Crippen molar-refractivity contribution < 1.29 is 22.7 Å². The van der Waals surface area contributed by atoms with Crippen molar-refractivity contribution in [1.82, 2.24) is 4.57 Å². The zero-order valence-corrected chi connectivity index (χ0v) is 13.3. The van der Waals surface area contributed by atoms with Crippen LogP contribution in [0.25, 0.3) is 0 Å². The SMILES string of the molecule is CCOc1ccc(C(=O)Cn2cc(C(F)(F)F)cc(Cl)c2=O)cc1. The molecular weight excluding hydrogens is 347 g/mol. The first-order valence-corrected chi connectivity index (χ1v) is 7.33. The van der Waals surface area contributed by atoms with Crippen molar-refractivity contribution in [3.05, 3.63) is 63.0 Å². The van der Waals surface area contributed by atoms with Gasteiger partial charge < -0.3 is 9.30 Å². The molecule has 1 heterocycles. The third kappa shape index (κ3) is 4.17. The predicted molar refractivity (Wildman–Crippen MR) is 82.7 cm³/mol. The molecule has 0 radical (unpaired) electrons. The second kappa shape index (κ2) is 7.09. The van der Waals surface area contributed by atoms with Crippen LogP contribution in [0, 0.1) is 0 Å². The van der Waals surface area contributed by atoms with E-state index in [0.29, 0.717) is 29.2 Å². The average Bonchev–Trinajstić information content (AvgIpc) is 2.51. The maximum atomic E-state index is 12.8. The third-order valence-corrected chi connectivity index (χ3v) is 3.44. The first-order chi connectivity index (χ1) is 11.2. The molecule has 0 bridgehead atoms. The number of rotatable bonds is 5. The quantitative estimate of drug-likeness (QED) is 0.763. The molecule has 0 spiro atoms. The topological polar surface area (TPSA) is 48.3 Å². The van der Waals surface area contributed by atoms with Gasteiger partial charge in [-0.05, 0) is 37.3 Å². The molecule has 128 valence electrons. The minimum atomic E-state index is -4.67. The van der Waals surface area contributed by atoms with Gasteiger partial charge in [0, 0.05) is 11.8 Å². The number of nitrogens with zero attached hydrogens (tertiary/aromatic N) is 1. The lowest BCUT2D eigenvalue weighted by atomic mass is 10.1. The van der Waals surface area contributed by atoms with Crippen molar-refractivity contribution in [2.45, 2.75) is 19.6 Å². The standard InChI is InChI=1S/C16H13ClF3NO3/c1-2-24-12-5-3-10(4-6-12)14(22)9-21-8-11(16(18,19)20)7-13(17)15(21)23/h3-8H,2,9H2,1H3. The molecule has 0 amide bonds. The van der Waals surface area contributed by atoms with Gasteiger partial charge in [-0.3, -0.25) is 9.59 Å². The number of alkyl halides is 3. The highest BCUT2D eigenvalue weighted by Crippen LogP contribution is 2.29. The maximum Gasteiger partial charge on any atom is 0.417 e.